The van der Waals surface area contributed by atoms with Crippen LogP contribution in [0.4, 0.5) is 0 Å². The average Bonchev–Trinajstić information content (AvgIpc) is 2.44. The average molecular weight is 277 g/mol. The molecule has 0 saturated carbocycles. The molecule has 1 aromatic rings. The Morgan fingerprint density at radius 1 is 1.10 bits per heavy atom. The molecule has 0 fully saturated rings. The minimum atomic E-state index is 0.339. The standard InChI is InChI=1S/C18H31NO/c1-6-10-20-18-12-14(4)17(11-15(18)5)13(3)8-9-16(19)7-2/h11-13,16H,6-10,19H2,1-5H3. The maximum Gasteiger partial charge on any atom is 0.122 e. The highest BCUT2D eigenvalue weighted by atomic mass is 16.5. The van der Waals surface area contributed by atoms with Crippen LogP contribution in [0.15, 0.2) is 12.1 Å². The lowest BCUT2D eigenvalue weighted by atomic mass is 9.89. The first-order valence-electron chi connectivity index (χ1n) is 7.99. The summed E-state index contributed by atoms with van der Waals surface area (Å²) in [7, 11) is 0. The zero-order valence-electron chi connectivity index (χ0n) is 13.8. The lowest BCUT2D eigenvalue weighted by Gasteiger charge is -2.19. The summed E-state index contributed by atoms with van der Waals surface area (Å²) in [6.07, 6.45) is 4.37. The summed E-state index contributed by atoms with van der Waals surface area (Å²) in [5, 5.41) is 0. The smallest absolute Gasteiger partial charge is 0.122 e. The van der Waals surface area contributed by atoms with Crippen LogP contribution in [0.3, 0.4) is 0 Å². The summed E-state index contributed by atoms with van der Waals surface area (Å²) in [6, 6.07) is 4.82. The van der Waals surface area contributed by atoms with Gasteiger partial charge in [0.2, 0.25) is 0 Å². The molecule has 2 unspecified atom stereocenters. The monoisotopic (exact) mass is 277 g/mol. The highest BCUT2D eigenvalue weighted by Crippen LogP contribution is 2.30. The van der Waals surface area contributed by atoms with Crippen molar-refractivity contribution in [1.29, 1.82) is 0 Å². The van der Waals surface area contributed by atoms with E-state index in [1.807, 2.05) is 0 Å². The molecule has 2 atom stereocenters. The normalized spacial score (nSPS) is 14.1. The van der Waals surface area contributed by atoms with Crippen LogP contribution in [-0.4, -0.2) is 12.6 Å². The van der Waals surface area contributed by atoms with E-state index in [-0.39, 0.29) is 0 Å². The Morgan fingerprint density at radius 2 is 1.80 bits per heavy atom. The summed E-state index contributed by atoms with van der Waals surface area (Å²) >= 11 is 0. The molecule has 114 valence electrons. The molecule has 0 spiro atoms. The van der Waals surface area contributed by atoms with Crippen LogP contribution in [-0.2, 0) is 0 Å². The fourth-order valence-electron chi connectivity index (χ4n) is 2.53. The van der Waals surface area contributed by atoms with E-state index in [4.69, 9.17) is 10.5 Å². The predicted molar refractivity (Wildman–Crippen MR) is 87.6 cm³/mol. The van der Waals surface area contributed by atoms with Gasteiger partial charge in [-0.25, -0.2) is 0 Å². The van der Waals surface area contributed by atoms with Gasteiger partial charge in [0.25, 0.3) is 0 Å². The quantitative estimate of drug-likeness (QED) is 0.746. The van der Waals surface area contributed by atoms with E-state index in [0.717, 1.165) is 38.0 Å². The van der Waals surface area contributed by atoms with Gasteiger partial charge in [0, 0.05) is 6.04 Å². The summed E-state index contributed by atoms with van der Waals surface area (Å²) in [6.45, 7) is 11.7. The summed E-state index contributed by atoms with van der Waals surface area (Å²) in [5.41, 5.74) is 10.0. The van der Waals surface area contributed by atoms with E-state index in [2.05, 4.69) is 46.8 Å². The minimum Gasteiger partial charge on any atom is -0.493 e. The molecule has 0 aromatic heterocycles. The second kappa shape index (κ2) is 8.31. The molecule has 0 heterocycles. The van der Waals surface area contributed by atoms with Crippen LogP contribution >= 0.6 is 0 Å². The zero-order chi connectivity index (χ0) is 15.1. The molecule has 1 aromatic carbocycles. The highest BCUT2D eigenvalue weighted by Gasteiger charge is 2.13. The molecule has 2 N–H and O–H groups in total. The van der Waals surface area contributed by atoms with Crippen LogP contribution in [0.2, 0.25) is 0 Å². The van der Waals surface area contributed by atoms with E-state index < -0.39 is 0 Å². The predicted octanol–water partition coefficient (Wildman–Crippen LogP) is 4.71. The Balaban J connectivity index is 2.77. The first-order valence-corrected chi connectivity index (χ1v) is 7.99. The van der Waals surface area contributed by atoms with Gasteiger partial charge >= 0.3 is 0 Å². The van der Waals surface area contributed by atoms with Crippen molar-refractivity contribution in [2.75, 3.05) is 6.61 Å². The third-order valence-electron chi connectivity index (χ3n) is 4.05. The van der Waals surface area contributed by atoms with Crippen molar-refractivity contribution >= 4 is 0 Å². The minimum absolute atomic E-state index is 0.339. The number of hydrogen-bond acceptors (Lipinski definition) is 2. The van der Waals surface area contributed by atoms with Crippen molar-refractivity contribution in [2.45, 2.75) is 72.3 Å². The topological polar surface area (TPSA) is 35.2 Å². The van der Waals surface area contributed by atoms with Gasteiger partial charge in [0.1, 0.15) is 5.75 Å². The largest absolute Gasteiger partial charge is 0.493 e. The van der Waals surface area contributed by atoms with Crippen molar-refractivity contribution in [3.8, 4) is 5.75 Å². The Labute approximate surface area is 124 Å². The molecule has 0 aliphatic carbocycles. The first-order chi connectivity index (χ1) is 9.49. The van der Waals surface area contributed by atoms with Gasteiger partial charge in [-0.05, 0) is 68.2 Å². The molecule has 0 radical (unpaired) electrons. The van der Waals surface area contributed by atoms with Crippen molar-refractivity contribution in [1.82, 2.24) is 0 Å². The van der Waals surface area contributed by atoms with Crippen LogP contribution in [0.5, 0.6) is 5.75 Å². The second-order valence-corrected chi connectivity index (χ2v) is 5.97. The van der Waals surface area contributed by atoms with E-state index in [9.17, 15) is 0 Å². The molecule has 0 bridgehead atoms. The maximum atomic E-state index is 6.03. The second-order valence-electron chi connectivity index (χ2n) is 5.97. The van der Waals surface area contributed by atoms with Crippen LogP contribution < -0.4 is 10.5 Å². The van der Waals surface area contributed by atoms with Crippen molar-refractivity contribution in [2.24, 2.45) is 5.73 Å². The third kappa shape index (κ3) is 4.82. The van der Waals surface area contributed by atoms with E-state index in [0.29, 0.717) is 12.0 Å². The molecule has 20 heavy (non-hydrogen) atoms. The number of hydrogen-bond donors (Lipinski definition) is 1. The Morgan fingerprint density at radius 3 is 2.40 bits per heavy atom. The number of benzene rings is 1. The number of aryl methyl sites for hydroxylation is 2. The van der Waals surface area contributed by atoms with Crippen LogP contribution in [0.1, 0.15) is 69.1 Å². The van der Waals surface area contributed by atoms with E-state index in [1.165, 1.54) is 16.7 Å². The highest BCUT2D eigenvalue weighted by molar-refractivity contribution is 5.42. The number of ether oxygens (including phenoxy) is 1. The molecular formula is C18H31NO. The molecule has 0 amide bonds. The molecule has 0 aliphatic rings. The fraction of sp³-hybridized carbons (Fsp3) is 0.667. The Kier molecular flexibility index (Phi) is 7.08. The number of nitrogens with two attached hydrogens (primary N) is 1. The summed E-state index contributed by atoms with van der Waals surface area (Å²) in [4.78, 5) is 0. The van der Waals surface area contributed by atoms with Gasteiger partial charge in [-0.2, -0.15) is 0 Å². The maximum absolute atomic E-state index is 6.03. The molecule has 2 nitrogen and oxygen atoms in total. The van der Waals surface area contributed by atoms with Gasteiger partial charge < -0.3 is 10.5 Å². The Bertz CT molecular complexity index is 414. The molecule has 2 heteroatoms. The molecule has 0 saturated heterocycles. The molecular weight excluding hydrogens is 246 g/mol. The van der Waals surface area contributed by atoms with Crippen molar-refractivity contribution in [3.05, 3.63) is 28.8 Å². The van der Waals surface area contributed by atoms with Gasteiger partial charge in [-0.3, -0.25) is 0 Å². The lowest BCUT2D eigenvalue weighted by molar-refractivity contribution is 0.315. The summed E-state index contributed by atoms with van der Waals surface area (Å²) in [5.74, 6) is 1.59. The van der Waals surface area contributed by atoms with Gasteiger partial charge in [-0.15, -0.1) is 0 Å². The fourth-order valence-corrected chi connectivity index (χ4v) is 2.53. The molecule has 0 aliphatic heterocycles. The lowest BCUT2D eigenvalue weighted by Crippen LogP contribution is -2.19. The van der Waals surface area contributed by atoms with Crippen molar-refractivity contribution < 1.29 is 4.74 Å². The van der Waals surface area contributed by atoms with Gasteiger partial charge in [0.15, 0.2) is 0 Å². The van der Waals surface area contributed by atoms with E-state index in [1.54, 1.807) is 0 Å². The SMILES string of the molecule is CCCOc1cc(C)c(C(C)CCC(N)CC)cc1C. The zero-order valence-corrected chi connectivity index (χ0v) is 13.8. The number of rotatable bonds is 8. The van der Waals surface area contributed by atoms with Crippen molar-refractivity contribution in [3.63, 3.8) is 0 Å². The van der Waals surface area contributed by atoms with E-state index >= 15 is 0 Å². The first kappa shape index (κ1) is 17.0. The van der Waals surface area contributed by atoms with Crippen LogP contribution in [0, 0.1) is 13.8 Å². The van der Waals surface area contributed by atoms with Gasteiger partial charge in [0.05, 0.1) is 6.61 Å². The van der Waals surface area contributed by atoms with Crippen LogP contribution in [0.25, 0.3) is 0 Å². The van der Waals surface area contributed by atoms with Gasteiger partial charge in [-0.1, -0.05) is 26.8 Å². The third-order valence-corrected chi connectivity index (χ3v) is 4.05. The molecule has 1 rings (SSSR count). The summed E-state index contributed by atoms with van der Waals surface area (Å²) < 4.78 is 5.80. The Hall–Kier alpha value is -1.02.